The van der Waals surface area contributed by atoms with E-state index in [9.17, 15) is 8.42 Å². The number of methoxy groups -OCH3 is 1. The molecule has 1 aromatic carbocycles. The first-order valence-corrected chi connectivity index (χ1v) is 7.40. The number of halogens is 1. The number of hydrogen-bond acceptors (Lipinski definition) is 4. The van der Waals surface area contributed by atoms with E-state index >= 15 is 0 Å². The van der Waals surface area contributed by atoms with E-state index in [4.69, 9.17) is 14.6 Å². The first kappa shape index (κ1) is 14.3. The smallest absolute Gasteiger partial charge is 0.209 e. The number of nitrogens with two attached hydrogens (primary N) is 1. The second-order valence-electron chi connectivity index (χ2n) is 3.34. The van der Waals surface area contributed by atoms with Gasteiger partial charge in [0, 0.05) is 0 Å². The standard InChI is InChI=1S/C10H14BrNO4S/c1-15-9-5-2-4-8(11)10(9)16-6-3-7-17(12,13)14/h2,4-5H,3,6-7H2,1H3,(H2,12,13,14). The number of para-hydroxylation sites is 1. The molecule has 0 heterocycles. The second-order valence-corrected chi connectivity index (χ2v) is 5.93. The summed E-state index contributed by atoms with van der Waals surface area (Å²) in [6.45, 7) is 0.259. The molecule has 96 valence electrons. The number of sulfonamides is 1. The Morgan fingerprint density at radius 2 is 2.12 bits per heavy atom. The third-order valence-electron chi connectivity index (χ3n) is 1.97. The van der Waals surface area contributed by atoms with E-state index in [1.165, 1.54) is 0 Å². The molecule has 0 fully saturated rings. The fourth-order valence-corrected chi connectivity index (χ4v) is 2.21. The van der Waals surface area contributed by atoms with Crippen LogP contribution in [0, 0.1) is 0 Å². The predicted octanol–water partition coefficient (Wildman–Crippen LogP) is 1.52. The molecule has 7 heteroatoms. The number of rotatable bonds is 6. The van der Waals surface area contributed by atoms with E-state index in [1.807, 2.05) is 12.1 Å². The van der Waals surface area contributed by atoms with Crippen LogP contribution in [0.4, 0.5) is 0 Å². The van der Waals surface area contributed by atoms with Crippen LogP contribution in [-0.4, -0.2) is 27.9 Å². The highest BCUT2D eigenvalue weighted by Gasteiger charge is 2.09. The minimum Gasteiger partial charge on any atom is -0.493 e. The zero-order valence-electron chi connectivity index (χ0n) is 9.35. The summed E-state index contributed by atoms with van der Waals surface area (Å²) in [6.07, 6.45) is 0.337. The van der Waals surface area contributed by atoms with Crippen LogP contribution in [0.1, 0.15) is 6.42 Å². The number of benzene rings is 1. The lowest BCUT2D eigenvalue weighted by Gasteiger charge is -2.11. The van der Waals surface area contributed by atoms with Crippen LogP contribution in [-0.2, 0) is 10.0 Å². The summed E-state index contributed by atoms with van der Waals surface area (Å²) in [7, 11) is -1.89. The molecular weight excluding hydrogens is 310 g/mol. The highest BCUT2D eigenvalue weighted by atomic mass is 79.9. The van der Waals surface area contributed by atoms with Crippen molar-refractivity contribution in [3.05, 3.63) is 22.7 Å². The maximum Gasteiger partial charge on any atom is 0.209 e. The first-order valence-electron chi connectivity index (χ1n) is 4.90. The van der Waals surface area contributed by atoms with Gasteiger partial charge >= 0.3 is 0 Å². The van der Waals surface area contributed by atoms with Gasteiger partial charge in [0.25, 0.3) is 0 Å². The molecule has 0 unspecified atom stereocenters. The fourth-order valence-electron chi connectivity index (χ4n) is 1.22. The van der Waals surface area contributed by atoms with Crippen molar-refractivity contribution in [2.24, 2.45) is 5.14 Å². The van der Waals surface area contributed by atoms with Gasteiger partial charge in [-0.3, -0.25) is 0 Å². The molecule has 0 radical (unpaired) electrons. The van der Waals surface area contributed by atoms with Gasteiger partial charge in [0.2, 0.25) is 10.0 Å². The minimum absolute atomic E-state index is 0.0975. The van der Waals surface area contributed by atoms with Gasteiger partial charge in [0.05, 0.1) is 23.9 Å². The Hall–Kier alpha value is -0.790. The zero-order valence-corrected chi connectivity index (χ0v) is 11.8. The first-order chi connectivity index (χ1) is 7.94. The quantitative estimate of drug-likeness (QED) is 0.805. The van der Waals surface area contributed by atoms with Gasteiger partial charge in [-0.05, 0) is 34.5 Å². The van der Waals surface area contributed by atoms with E-state index in [1.54, 1.807) is 13.2 Å². The molecule has 1 aromatic rings. The molecule has 1 rings (SSSR count). The molecule has 17 heavy (non-hydrogen) atoms. The van der Waals surface area contributed by atoms with Gasteiger partial charge in [-0.2, -0.15) is 0 Å². The topological polar surface area (TPSA) is 78.6 Å². The van der Waals surface area contributed by atoms with Crippen molar-refractivity contribution < 1.29 is 17.9 Å². The van der Waals surface area contributed by atoms with Gasteiger partial charge in [-0.15, -0.1) is 0 Å². The van der Waals surface area contributed by atoms with Crippen molar-refractivity contribution >= 4 is 26.0 Å². The van der Waals surface area contributed by atoms with Gasteiger partial charge < -0.3 is 9.47 Å². The molecule has 0 spiro atoms. The maximum atomic E-state index is 10.7. The summed E-state index contributed by atoms with van der Waals surface area (Å²) in [4.78, 5) is 0. The molecule has 0 aliphatic carbocycles. The SMILES string of the molecule is COc1cccc(Br)c1OCCCS(N)(=O)=O. The molecule has 0 saturated heterocycles. The Kier molecular flexibility index (Phi) is 5.23. The third kappa shape index (κ3) is 4.93. The van der Waals surface area contributed by atoms with Crippen LogP contribution in [0.5, 0.6) is 11.5 Å². The van der Waals surface area contributed by atoms with Gasteiger partial charge in [-0.1, -0.05) is 6.07 Å². The summed E-state index contributed by atoms with van der Waals surface area (Å²) >= 11 is 3.33. The number of ether oxygens (including phenoxy) is 2. The lowest BCUT2D eigenvalue weighted by atomic mass is 10.3. The Morgan fingerprint density at radius 1 is 1.41 bits per heavy atom. The summed E-state index contributed by atoms with van der Waals surface area (Å²) in [5.41, 5.74) is 0. The van der Waals surface area contributed by atoms with E-state index in [2.05, 4.69) is 15.9 Å². The van der Waals surface area contributed by atoms with E-state index in [0.29, 0.717) is 17.9 Å². The van der Waals surface area contributed by atoms with Crippen molar-refractivity contribution in [3.8, 4) is 11.5 Å². The largest absolute Gasteiger partial charge is 0.493 e. The average Bonchev–Trinajstić information content (AvgIpc) is 2.24. The summed E-state index contributed by atoms with van der Waals surface area (Å²) in [5.74, 6) is 1.05. The molecule has 0 aromatic heterocycles. The fraction of sp³-hybridized carbons (Fsp3) is 0.400. The predicted molar refractivity (Wildman–Crippen MR) is 68.8 cm³/mol. The third-order valence-corrected chi connectivity index (χ3v) is 3.45. The van der Waals surface area contributed by atoms with Crippen LogP contribution >= 0.6 is 15.9 Å². The van der Waals surface area contributed by atoms with Gasteiger partial charge in [-0.25, -0.2) is 13.6 Å². The lowest BCUT2D eigenvalue weighted by Crippen LogP contribution is -2.18. The monoisotopic (exact) mass is 323 g/mol. The second kappa shape index (κ2) is 6.23. The Labute approximate surface area is 109 Å². The van der Waals surface area contributed by atoms with Crippen LogP contribution in [0.3, 0.4) is 0 Å². The van der Waals surface area contributed by atoms with Crippen molar-refractivity contribution in [1.82, 2.24) is 0 Å². The lowest BCUT2D eigenvalue weighted by molar-refractivity contribution is 0.292. The molecule has 0 saturated carbocycles. The van der Waals surface area contributed by atoms with Crippen molar-refractivity contribution in [2.45, 2.75) is 6.42 Å². The molecular formula is C10H14BrNO4S. The van der Waals surface area contributed by atoms with Gasteiger partial charge in [0.15, 0.2) is 11.5 Å². The molecule has 0 aliphatic heterocycles. The van der Waals surface area contributed by atoms with E-state index < -0.39 is 10.0 Å². The highest BCUT2D eigenvalue weighted by Crippen LogP contribution is 2.34. The zero-order chi connectivity index (χ0) is 12.9. The Balaban J connectivity index is 2.57. The molecule has 0 atom stereocenters. The Bertz CT molecular complexity index is 475. The average molecular weight is 324 g/mol. The molecule has 5 nitrogen and oxygen atoms in total. The van der Waals surface area contributed by atoms with Crippen LogP contribution in [0.25, 0.3) is 0 Å². The van der Waals surface area contributed by atoms with E-state index in [0.717, 1.165) is 4.47 Å². The summed E-state index contributed by atoms with van der Waals surface area (Å²) in [6, 6.07) is 5.40. The van der Waals surface area contributed by atoms with Crippen molar-refractivity contribution in [3.63, 3.8) is 0 Å². The van der Waals surface area contributed by atoms with Gasteiger partial charge in [0.1, 0.15) is 0 Å². The summed E-state index contributed by atoms with van der Waals surface area (Å²) < 4.78 is 32.8. The van der Waals surface area contributed by atoms with Crippen LogP contribution in [0.2, 0.25) is 0 Å². The van der Waals surface area contributed by atoms with Crippen molar-refractivity contribution in [2.75, 3.05) is 19.5 Å². The Morgan fingerprint density at radius 3 is 2.71 bits per heavy atom. The normalized spacial score (nSPS) is 11.2. The maximum absolute atomic E-state index is 10.7. The van der Waals surface area contributed by atoms with Crippen LogP contribution < -0.4 is 14.6 Å². The number of hydrogen-bond donors (Lipinski definition) is 1. The molecule has 0 aliphatic rings. The highest BCUT2D eigenvalue weighted by molar-refractivity contribution is 9.10. The summed E-state index contributed by atoms with van der Waals surface area (Å²) in [5, 5.41) is 4.88. The van der Waals surface area contributed by atoms with Crippen molar-refractivity contribution in [1.29, 1.82) is 0 Å². The molecule has 0 bridgehead atoms. The molecule has 0 amide bonds. The molecule has 2 N–H and O–H groups in total. The minimum atomic E-state index is -3.43. The number of primary sulfonamides is 1. The van der Waals surface area contributed by atoms with E-state index in [-0.39, 0.29) is 12.4 Å². The van der Waals surface area contributed by atoms with Crippen LogP contribution in [0.15, 0.2) is 22.7 Å².